The van der Waals surface area contributed by atoms with E-state index in [1.165, 1.54) is 6.07 Å². The first-order valence-electron chi connectivity index (χ1n) is 6.15. The van der Waals surface area contributed by atoms with Crippen molar-refractivity contribution in [3.05, 3.63) is 51.5 Å². The highest BCUT2D eigenvalue weighted by atomic mass is 79.9. The maximum Gasteiger partial charge on any atom is 0.127 e. The van der Waals surface area contributed by atoms with Crippen LogP contribution >= 0.6 is 15.9 Å². The van der Waals surface area contributed by atoms with Gasteiger partial charge in [-0.25, -0.2) is 4.39 Å². The normalized spacial score (nSPS) is 12.7. The van der Waals surface area contributed by atoms with Gasteiger partial charge in [-0.15, -0.1) is 0 Å². The average Bonchev–Trinajstić information content (AvgIpc) is 2.74. The molecule has 102 valence electrons. The van der Waals surface area contributed by atoms with Crippen molar-refractivity contribution in [2.24, 2.45) is 7.05 Å². The van der Waals surface area contributed by atoms with Crippen LogP contribution < -0.4 is 0 Å². The van der Waals surface area contributed by atoms with Crippen LogP contribution in [0.3, 0.4) is 0 Å². The summed E-state index contributed by atoms with van der Waals surface area (Å²) in [5.41, 5.74) is 2.13. The molecule has 3 nitrogen and oxygen atoms in total. The molecule has 1 aromatic heterocycles. The Hall–Kier alpha value is -1.20. The van der Waals surface area contributed by atoms with Crippen LogP contribution in [0.25, 0.3) is 0 Å². The number of aryl methyl sites for hydroxylation is 2. The molecule has 1 unspecified atom stereocenters. The van der Waals surface area contributed by atoms with Crippen LogP contribution in [-0.2, 0) is 19.9 Å². The highest BCUT2D eigenvalue weighted by Crippen LogP contribution is 2.24. The number of aromatic nitrogens is 2. The zero-order chi connectivity index (χ0) is 14.0. The van der Waals surface area contributed by atoms with E-state index >= 15 is 0 Å². The molecule has 0 saturated carbocycles. The average molecular weight is 327 g/mol. The molecular weight excluding hydrogens is 311 g/mol. The topological polar surface area (TPSA) is 38.0 Å². The summed E-state index contributed by atoms with van der Waals surface area (Å²) in [5.74, 6) is -0.310. The van der Waals surface area contributed by atoms with Gasteiger partial charge in [0.25, 0.3) is 0 Å². The highest BCUT2D eigenvalue weighted by molar-refractivity contribution is 9.10. The molecule has 0 aliphatic rings. The molecule has 1 N–H and O–H groups in total. The van der Waals surface area contributed by atoms with E-state index in [0.29, 0.717) is 10.0 Å². The first-order chi connectivity index (χ1) is 9.01. The third-order valence-electron chi connectivity index (χ3n) is 3.06. The van der Waals surface area contributed by atoms with Gasteiger partial charge in [0.15, 0.2) is 0 Å². The number of nitrogens with zero attached hydrogens (tertiary/aromatic N) is 2. The number of hydrogen-bond donors (Lipinski definition) is 1. The maximum absolute atomic E-state index is 13.8. The molecule has 19 heavy (non-hydrogen) atoms. The van der Waals surface area contributed by atoms with Crippen molar-refractivity contribution in [2.75, 3.05) is 0 Å². The van der Waals surface area contributed by atoms with Gasteiger partial charge in [-0.05, 0) is 24.1 Å². The van der Waals surface area contributed by atoms with Crippen LogP contribution in [0.1, 0.15) is 29.8 Å². The first-order valence-corrected chi connectivity index (χ1v) is 6.95. The van der Waals surface area contributed by atoms with Crippen molar-refractivity contribution < 1.29 is 9.50 Å². The fourth-order valence-corrected chi connectivity index (χ4v) is 2.44. The number of halogens is 2. The molecule has 0 radical (unpaired) electrons. The molecule has 0 aliphatic carbocycles. The quantitative estimate of drug-likeness (QED) is 0.937. The summed E-state index contributed by atoms with van der Waals surface area (Å²) < 4.78 is 16.1. The lowest BCUT2D eigenvalue weighted by Gasteiger charge is -2.11. The van der Waals surface area contributed by atoms with E-state index in [4.69, 9.17) is 0 Å². The summed E-state index contributed by atoms with van der Waals surface area (Å²) in [6, 6.07) is 4.87. The standard InChI is InChI=1S/C14H16BrFN2O/c1-3-13-11(8-18(2)17-13)14(19)6-9-4-5-10(15)7-12(9)16/h4-5,7-8,14,19H,3,6H2,1-2H3. The fourth-order valence-electron chi connectivity index (χ4n) is 2.11. The van der Waals surface area contributed by atoms with E-state index in [-0.39, 0.29) is 12.2 Å². The smallest absolute Gasteiger partial charge is 0.127 e. The Bertz CT molecular complexity index is 583. The van der Waals surface area contributed by atoms with Crippen molar-refractivity contribution in [3.63, 3.8) is 0 Å². The van der Waals surface area contributed by atoms with E-state index in [9.17, 15) is 9.50 Å². The van der Waals surface area contributed by atoms with Gasteiger partial charge in [0.1, 0.15) is 5.82 Å². The Kier molecular flexibility index (Phi) is 4.37. The van der Waals surface area contributed by atoms with Crippen molar-refractivity contribution in [1.82, 2.24) is 9.78 Å². The molecule has 1 atom stereocenters. The van der Waals surface area contributed by atoms with E-state index in [0.717, 1.165) is 17.7 Å². The Balaban J connectivity index is 2.22. The van der Waals surface area contributed by atoms with Gasteiger partial charge in [-0.2, -0.15) is 5.10 Å². The zero-order valence-electron chi connectivity index (χ0n) is 10.9. The van der Waals surface area contributed by atoms with E-state index in [1.807, 2.05) is 14.0 Å². The number of hydrogen-bond acceptors (Lipinski definition) is 2. The first kappa shape index (κ1) is 14.2. The van der Waals surface area contributed by atoms with Crippen molar-refractivity contribution in [3.8, 4) is 0 Å². The van der Waals surface area contributed by atoms with Gasteiger partial charge in [-0.1, -0.05) is 28.9 Å². The molecule has 2 aromatic rings. The van der Waals surface area contributed by atoms with Crippen LogP contribution in [0, 0.1) is 5.82 Å². The number of rotatable bonds is 4. The molecule has 2 rings (SSSR count). The summed E-state index contributed by atoms with van der Waals surface area (Å²) in [4.78, 5) is 0. The van der Waals surface area contributed by atoms with Gasteiger partial charge >= 0.3 is 0 Å². The van der Waals surface area contributed by atoms with Crippen LogP contribution in [-0.4, -0.2) is 14.9 Å². The molecule has 0 spiro atoms. The third-order valence-corrected chi connectivity index (χ3v) is 3.55. The molecule has 0 saturated heterocycles. The van der Waals surface area contributed by atoms with Crippen LogP contribution in [0.5, 0.6) is 0 Å². The summed E-state index contributed by atoms with van der Waals surface area (Å²) in [7, 11) is 1.82. The van der Waals surface area contributed by atoms with E-state index in [2.05, 4.69) is 21.0 Å². The number of aliphatic hydroxyl groups excluding tert-OH is 1. The second-order valence-corrected chi connectivity index (χ2v) is 5.43. The Labute approximate surface area is 120 Å². The lowest BCUT2D eigenvalue weighted by Crippen LogP contribution is -2.05. The van der Waals surface area contributed by atoms with Crippen LogP contribution in [0.2, 0.25) is 0 Å². The van der Waals surface area contributed by atoms with Crippen molar-refractivity contribution in [2.45, 2.75) is 25.9 Å². The number of aliphatic hydroxyl groups is 1. The SMILES string of the molecule is CCc1nn(C)cc1C(O)Cc1ccc(Br)cc1F. The van der Waals surface area contributed by atoms with E-state index in [1.54, 1.807) is 23.0 Å². The molecule has 0 amide bonds. The molecular formula is C14H16BrFN2O. The van der Waals surface area contributed by atoms with Gasteiger partial charge in [0, 0.05) is 29.7 Å². The maximum atomic E-state index is 13.8. The Morgan fingerprint density at radius 3 is 2.84 bits per heavy atom. The highest BCUT2D eigenvalue weighted by Gasteiger charge is 2.17. The number of benzene rings is 1. The van der Waals surface area contributed by atoms with Gasteiger partial charge in [0.2, 0.25) is 0 Å². The third kappa shape index (κ3) is 3.22. The van der Waals surface area contributed by atoms with Gasteiger partial charge < -0.3 is 5.11 Å². The van der Waals surface area contributed by atoms with E-state index < -0.39 is 6.10 Å². The minimum atomic E-state index is -0.737. The molecule has 1 aromatic carbocycles. The molecule has 0 bridgehead atoms. The summed E-state index contributed by atoms with van der Waals surface area (Å²) in [6.45, 7) is 1.98. The summed E-state index contributed by atoms with van der Waals surface area (Å²) in [5, 5.41) is 14.5. The van der Waals surface area contributed by atoms with Gasteiger partial charge in [0.05, 0.1) is 11.8 Å². The van der Waals surface area contributed by atoms with Crippen molar-refractivity contribution >= 4 is 15.9 Å². The summed E-state index contributed by atoms with van der Waals surface area (Å²) >= 11 is 3.22. The zero-order valence-corrected chi connectivity index (χ0v) is 12.5. The van der Waals surface area contributed by atoms with Gasteiger partial charge in [-0.3, -0.25) is 4.68 Å². The second-order valence-electron chi connectivity index (χ2n) is 4.51. The predicted molar refractivity (Wildman–Crippen MR) is 75.3 cm³/mol. The molecule has 0 fully saturated rings. The predicted octanol–water partition coefficient (Wildman–Crippen LogP) is 3.16. The fraction of sp³-hybridized carbons (Fsp3) is 0.357. The molecule has 5 heteroatoms. The monoisotopic (exact) mass is 326 g/mol. The summed E-state index contributed by atoms with van der Waals surface area (Å²) in [6.07, 6.45) is 2.05. The molecule has 0 aliphatic heterocycles. The molecule has 1 heterocycles. The Morgan fingerprint density at radius 2 is 2.21 bits per heavy atom. The van der Waals surface area contributed by atoms with Crippen molar-refractivity contribution in [1.29, 1.82) is 0 Å². The second kappa shape index (κ2) is 5.84. The van der Waals surface area contributed by atoms with Crippen LogP contribution in [0.15, 0.2) is 28.9 Å². The largest absolute Gasteiger partial charge is 0.388 e. The lowest BCUT2D eigenvalue weighted by atomic mass is 10.0. The minimum Gasteiger partial charge on any atom is -0.388 e. The Morgan fingerprint density at radius 1 is 1.47 bits per heavy atom. The minimum absolute atomic E-state index is 0.248. The van der Waals surface area contributed by atoms with Crippen LogP contribution in [0.4, 0.5) is 4.39 Å². The lowest BCUT2D eigenvalue weighted by molar-refractivity contribution is 0.176.